The number of nitrogens with zero attached hydrogens (tertiary/aromatic N) is 3. The average molecular weight is 497 g/mol. The van der Waals surface area contributed by atoms with E-state index >= 15 is 0 Å². The predicted octanol–water partition coefficient (Wildman–Crippen LogP) is 7.62. The highest BCUT2D eigenvalue weighted by molar-refractivity contribution is 7.18. The number of thiophene rings is 1. The second-order valence-electron chi connectivity index (χ2n) is 8.39. The fourth-order valence-corrected chi connectivity index (χ4v) is 5.56. The molecule has 4 aromatic rings. The number of hydrogen-bond acceptors (Lipinski definition) is 5. The number of unbranched alkanes of at least 4 members (excludes halogenated alkanes) is 1. The lowest BCUT2D eigenvalue weighted by Crippen LogP contribution is -2.21. The molecule has 1 saturated heterocycles. The molecule has 0 amide bonds. The number of nitrogens with one attached hydrogen (secondary N) is 1. The van der Waals surface area contributed by atoms with Gasteiger partial charge in [0.05, 0.1) is 26.0 Å². The molecule has 2 aromatic carbocycles. The van der Waals surface area contributed by atoms with Crippen LogP contribution >= 0.6 is 34.5 Å². The van der Waals surface area contributed by atoms with Gasteiger partial charge in [-0.1, -0.05) is 53.5 Å². The number of benzene rings is 2. The molecule has 1 aliphatic rings. The van der Waals surface area contributed by atoms with E-state index in [-0.39, 0.29) is 0 Å². The maximum Gasteiger partial charge on any atom is 0.154 e. The van der Waals surface area contributed by atoms with Crippen LogP contribution < -0.4 is 5.32 Å². The third-order valence-corrected chi connectivity index (χ3v) is 7.86. The Kier molecular flexibility index (Phi) is 7.12. The second-order valence-corrected chi connectivity index (χ2v) is 10.3. The maximum absolute atomic E-state index is 6.27. The Morgan fingerprint density at radius 2 is 1.55 bits per heavy atom. The van der Waals surface area contributed by atoms with E-state index in [1.165, 1.54) is 49.3 Å². The molecular formula is C26H26Cl2N4S. The summed E-state index contributed by atoms with van der Waals surface area (Å²) in [6.07, 6.45) is 4.96. The molecule has 2 aromatic heterocycles. The molecule has 0 aliphatic carbocycles. The molecule has 170 valence electrons. The Bertz CT molecular complexity index is 1240. The first-order valence-corrected chi connectivity index (χ1v) is 13.0. The van der Waals surface area contributed by atoms with Crippen LogP contribution in [0, 0.1) is 0 Å². The van der Waals surface area contributed by atoms with E-state index in [1.807, 2.05) is 6.07 Å². The number of aromatic nitrogens is 2. The molecule has 0 unspecified atom stereocenters. The zero-order valence-corrected chi connectivity index (χ0v) is 20.7. The van der Waals surface area contributed by atoms with E-state index in [4.69, 9.17) is 33.2 Å². The molecule has 1 aliphatic heterocycles. The summed E-state index contributed by atoms with van der Waals surface area (Å²) in [7, 11) is 0. The van der Waals surface area contributed by atoms with Crippen LogP contribution in [0.15, 0.2) is 54.6 Å². The van der Waals surface area contributed by atoms with Crippen molar-refractivity contribution in [3.63, 3.8) is 0 Å². The van der Waals surface area contributed by atoms with Crippen LogP contribution in [0.25, 0.3) is 32.0 Å². The number of hydrogen-bond donors (Lipinski definition) is 1. The molecule has 0 radical (unpaired) electrons. The molecule has 3 heterocycles. The van der Waals surface area contributed by atoms with Gasteiger partial charge in [0.25, 0.3) is 0 Å². The monoisotopic (exact) mass is 496 g/mol. The molecule has 33 heavy (non-hydrogen) atoms. The van der Waals surface area contributed by atoms with Crippen LogP contribution in [-0.4, -0.2) is 41.0 Å². The van der Waals surface area contributed by atoms with E-state index < -0.39 is 0 Å². The minimum absolute atomic E-state index is 0.489. The number of rotatable bonds is 8. The van der Waals surface area contributed by atoms with Crippen molar-refractivity contribution in [3.8, 4) is 21.0 Å². The van der Waals surface area contributed by atoms with Crippen LogP contribution in [0.3, 0.4) is 0 Å². The van der Waals surface area contributed by atoms with Crippen molar-refractivity contribution >= 4 is 51.4 Å². The predicted molar refractivity (Wildman–Crippen MR) is 142 cm³/mol. The molecule has 0 saturated carbocycles. The Morgan fingerprint density at radius 3 is 2.30 bits per heavy atom. The highest BCUT2D eigenvalue weighted by atomic mass is 35.5. The summed E-state index contributed by atoms with van der Waals surface area (Å²) < 4.78 is 0. The Hall–Kier alpha value is -2.18. The number of likely N-dealkylation sites (tertiary alicyclic amines) is 1. The quantitative estimate of drug-likeness (QED) is 0.254. The molecule has 0 atom stereocenters. The van der Waals surface area contributed by atoms with Gasteiger partial charge in [-0.25, -0.2) is 9.97 Å². The van der Waals surface area contributed by atoms with Gasteiger partial charge in [0.1, 0.15) is 5.69 Å². The lowest BCUT2D eigenvalue weighted by molar-refractivity contribution is 0.331. The Labute approximate surface area is 208 Å². The normalized spacial score (nSPS) is 14.2. The van der Waals surface area contributed by atoms with Crippen molar-refractivity contribution in [2.24, 2.45) is 0 Å². The highest BCUT2D eigenvalue weighted by Gasteiger charge is 2.16. The molecular weight excluding hydrogens is 471 g/mol. The Morgan fingerprint density at radius 1 is 0.848 bits per heavy atom. The average Bonchev–Trinajstić information content (AvgIpc) is 3.52. The third kappa shape index (κ3) is 5.33. The fourth-order valence-electron chi connectivity index (χ4n) is 4.24. The van der Waals surface area contributed by atoms with Gasteiger partial charge >= 0.3 is 0 Å². The molecule has 1 N–H and O–H groups in total. The van der Waals surface area contributed by atoms with Crippen LogP contribution in [0.2, 0.25) is 10.0 Å². The standard InChI is InChI=1S/C26H26Cl2N4S/c27-19-16-21-22(17-20(19)28)31-26(29-12-4-5-13-32-14-6-7-15-32)25(30-21)24-11-10-23(33-24)18-8-2-1-3-9-18/h1-3,8-11,16-17H,4-7,12-15H2,(H,29,31). The summed E-state index contributed by atoms with van der Waals surface area (Å²) >= 11 is 14.2. The summed E-state index contributed by atoms with van der Waals surface area (Å²) in [5, 5.41) is 4.53. The minimum atomic E-state index is 0.489. The zero-order valence-electron chi connectivity index (χ0n) is 18.4. The SMILES string of the molecule is Clc1cc2nc(NCCCCN3CCCC3)c(-c3ccc(-c4ccccc4)s3)nc2cc1Cl. The van der Waals surface area contributed by atoms with E-state index in [0.29, 0.717) is 10.0 Å². The molecule has 4 nitrogen and oxygen atoms in total. The summed E-state index contributed by atoms with van der Waals surface area (Å²) in [5.74, 6) is 0.795. The summed E-state index contributed by atoms with van der Waals surface area (Å²) in [5.41, 5.74) is 3.54. The van der Waals surface area contributed by atoms with Crippen molar-refractivity contribution in [2.45, 2.75) is 25.7 Å². The van der Waals surface area contributed by atoms with Crippen molar-refractivity contribution in [2.75, 3.05) is 31.5 Å². The van der Waals surface area contributed by atoms with Crippen LogP contribution in [0.5, 0.6) is 0 Å². The first-order valence-electron chi connectivity index (χ1n) is 11.5. The van der Waals surface area contributed by atoms with Crippen molar-refractivity contribution < 1.29 is 0 Å². The van der Waals surface area contributed by atoms with E-state index in [0.717, 1.165) is 40.4 Å². The van der Waals surface area contributed by atoms with Crippen LogP contribution in [-0.2, 0) is 0 Å². The van der Waals surface area contributed by atoms with Crippen molar-refractivity contribution in [3.05, 3.63) is 64.6 Å². The minimum Gasteiger partial charge on any atom is -0.368 e. The van der Waals surface area contributed by atoms with Gasteiger partial charge in [0.2, 0.25) is 0 Å². The van der Waals surface area contributed by atoms with Gasteiger partial charge in [-0.15, -0.1) is 11.3 Å². The zero-order chi connectivity index (χ0) is 22.6. The largest absolute Gasteiger partial charge is 0.368 e. The molecule has 1 fully saturated rings. The lowest BCUT2D eigenvalue weighted by atomic mass is 10.2. The van der Waals surface area contributed by atoms with Gasteiger partial charge in [-0.05, 0) is 75.1 Å². The van der Waals surface area contributed by atoms with Gasteiger partial charge in [0, 0.05) is 11.4 Å². The topological polar surface area (TPSA) is 41.1 Å². The van der Waals surface area contributed by atoms with Crippen LogP contribution in [0.4, 0.5) is 5.82 Å². The fraction of sp³-hybridized carbons (Fsp3) is 0.308. The second kappa shape index (κ2) is 10.4. The number of fused-ring (bicyclic) bond motifs is 1. The third-order valence-electron chi connectivity index (χ3n) is 6.00. The number of anilines is 1. The van der Waals surface area contributed by atoms with Gasteiger partial charge < -0.3 is 10.2 Å². The summed E-state index contributed by atoms with van der Waals surface area (Å²) in [6.45, 7) is 4.54. The molecule has 7 heteroatoms. The van der Waals surface area contributed by atoms with Gasteiger partial charge in [-0.3, -0.25) is 0 Å². The van der Waals surface area contributed by atoms with Crippen molar-refractivity contribution in [1.82, 2.24) is 14.9 Å². The summed E-state index contributed by atoms with van der Waals surface area (Å²) in [4.78, 5) is 14.7. The molecule has 0 spiro atoms. The lowest BCUT2D eigenvalue weighted by Gasteiger charge is -2.15. The summed E-state index contributed by atoms with van der Waals surface area (Å²) in [6, 6.07) is 18.3. The highest BCUT2D eigenvalue weighted by Crippen LogP contribution is 2.37. The van der Waals surface area contributed by atoms with Crippen molar-refractivity contribution in [1.29, 1.82) is 0 Å². The van der Waals surface area contributed by atoms with Gasteiger partial charge in [-0.2, -0.15) is 0 Å². The molecule has 0 bridgehead atoms. The van der Waals surface area contributed by atoms with E-state index in [2.05, 4.69) is 46.6 Å². The smallest absolute Gasteiger partial charge is 0.154 e. The first-order chi connectivity index (χ1) is 16.2. The first kappa shape index (κ1) is 22.6. The number of halogens is 2. The van der Waals surface area contributed by atoms with Gasteiger partial charge in [0.15, 0.2) is 5.82 Å². The Balaban J connectivity index is 1.40. The van der Waals surface area contributed by atoms with E-state index in [1.54, 1.807) is 23.5 Å². The maximum atomic E-state index is 6.27. The molecule has 5 rings (SSSR count). The van der Waals surface area contributed by atoms with E-state index in [9.17, 15) is 0 Å². The van der Waals surface area contributed by atoms with Crippen LogP contribution in [0.1, 0.15) is 25.7 Å².